The van der Waals surface area contributed by atoms with Crippen molar-refractivity contribution < 1.29 is 29.3 Å². The van der Waals surface area contributed by atoms with Crippen molar-refractivity contribution in [2.24, 2.45) is 0 Å². The molecule has 1 aliphatic rings. The molecule has 8 heteroatoms. The second-order valence-electron chi connectivity index (χ2n) is 7.48. The van der Waals surface area contributed by atoms with Crippen LogP contribution in [-0.2, 0) is 9.59 Å². The number of aromatic hydroxyl groups is 1. The van der Waals surface area contributed by atoms with Crippen LogP contribution >= 0.6 is 11.6 Å². The Morgan fingerprint density at radius 3 is 2.31 bits per heavy atom. The zero-order valence-electron chi connectivity index (χ0n) is 18.2. The van der Waals surface area contributed by atoms with E-state index in [1.165, 1.54) is 43.4 Å². The molecule has 0 saturated carbocycles. The molecular formula is C24H26ClNO6. The van der Waals surface area contributed by atoms with E-state index in [2.05, 4.69) is 0 Å². The van der Waals surface area contributed by atoms with Crippen molar-refractivity contribution in [3.63, 3.8) is 0 Å². The Morgan fingerprint density at radius 1 is 1.06 bits per heavy atom. The molecule has 0 radical (unpaired) electrons. The van der Waals surface area contributed by atoms with E-state index in [4.69, 9.17) is 21.1 Å². The molecule has 0 aliphatic carbocycles. The fourth-order valence-corrected chi connectivity index (χ4v) is 4.08. The number of ketones is 1. The van der Waals surface area contributed by atoms with Crippen LogP contribution in [0.15, 0.2) is 42.0 Å². The lowest BCUT2D eigenvalue weighted by molar-refractivity contribution is -0.139. The first-order valence-corrected chi connectivity index (χ1v) is 10.7. The quantitative estimate of drug-likeness (QED) is 0.257. The molecule has 1 heterocycles. The molecule has 1 fully saturated rings. The molecule has 1 unspecified atom stereocenters. The smallest absolute Gasteiger partial charge is 0.295 e. The predicted octanol–water partition coefficient (Wildman–Crippen LogP) is 4.67. The molecule has 170 valence electrons. The summed E-state index contributed by atoms with van der Waals surface area (Å²) in [6.45, 7) is 2.41. The SMILES string of the molecule is CCCCCN1C(=O)C(=O)/C(=C(/O)c2cc(Cl)c(OC)cc2OC)C1c1ccc(O)cc1. The van der Waals surface area contributed by atoms with Gasteiger partial charge in [0.2, 0.25) is 0 Å². The molecule has 1 saturated heterocycles. The Morgan fingerprint density at radius 2 is 1.72 bits per heavy atom. The third kappa shape index (κ3) is 4.39. The van der Waals surface area contributed by atoms with Crippen LogP contribution in [0.4, 0.5) is 0 Å². The molecule has 1 atom stereocenters. The summed E-state index contributed by atoms with van der Waals surface area (Å²) in [7, 11) is 2.87. The number of aliphatic hydroxyl groups is 1. The van der Waals surface area contributed by atoms with Crippen molar-refractivity contribution in [1.29, 1.82) is 0 Å². The first-order chi connectivity index (χ1) is 15.3. The van der Waals surface area contributed by atoms with Crippen molar-refractivity contribution in [3.8, 4) is 17.2 Å². The number of benzene rings is 2. The average molecular weight is 460 g/mol. The Bertz CT molecular complexity index is 1050. The molecular weight excluding hydrogens is 434 g/mol. The van der Waals surface area contributed by atoms with E-state index in [1.54, 1.807) is 12.1 Å². The number of aliphatic hydroxyl groups excluding tert-OH is 1. The fourth-order valence-electron chi connectivity index (χ4n) is 3.84. The maximum Gasteiger partial charge on any atom is 0.295 e. The monoisotopic (exact) mass is 459 g/mol. The second kappa shape index (κ2) is 9.96. The van der Waals surface area contributed by atoms with Crippen LogP contribution in [0.2, 0.25) is 5.02 Å². The number of hydrogen-bond acceptors (Lipinski definition) is 6. The van der Waals surface area contributed by atoms with Gasteiger partial charge in [-0.05, 0) is 30.2 Å². The average Bonchev–Trinajstić information content (AvgIpc) is 3.04. The number of nitrogens with zero attached hydrogens (tertiary/aromatic N) is 1. The number of methoxy groups -OCH3 is 2. The highest BCUT2D eigenvalue weighted by molar-refractivity contribution is 6.46. The summed E-state index contributed by atoms with van der Waals surface area (Å²) in [6.07, 6.45) is 2.57. The number of ether oxygens (including phenoxy) is 2. The van der Waals surface area contributed by atoms with Gasteiger partial charge >= 0.3 is 0 Å². The number of hydrogen-bond donors (Lipinski definition) is 2. The van der Waals surface area contributed by atoms with E-state index in [1.807, 2.05) is 6.92 Å². The zero-order valence-corrected chi connectivity index (χ0v) is 19.0. The topological polar surface area (TPSA) is 96.3 Å². The lowest BCUT2D eigenvalue weighted by Crippen LogP contribution is -2.30. The first kappa shape index (κ1) is 23.5. The maximum absolute atomic E-state index is 13.1. The third-order valence-electron chi connectivity index (χ3n) is 5.48. The minimum atomic E-state index is -0.807. The minimum absolute atomic E-state index is 0.0558. The van der Waals surface area contributed by atoms with Crippen LogP contribution in [0.25, 0.3) is 5.76 Å². The molecule has 1 aliphatic heterocycles. The number of carbonyl (C=O) groups is 2. The fraction of sp³-hybridized carbons (Fsp3) is 0.333. The molecule has 3 rings (SSSR count). The zero-order chi connectivity index (χ0) is 23.4. The van der Waals surface area contributed by atoms with E-state index in [-0.39, 0.29) is 33.4 Å². The number of phenolic OH excluding ortho intramolecular Hbond substituents is 1. The molecule has 0 spiro atoms. The molecule has 1 amide bonds. The van der Waals surface area contributed by atoms with Gasteiger partial charge in [-0.25, -0.2) is 0 Å². The summed E-state index contributed by atoms with van der Waals surface area (Å²) in [5, 5.41) is 21.1. The van der Waals surface area contributed by atoms with Crippen molar-refractivity contribution >= 4 is 29.1 Å². The maximum atomic E-state index is 13.1. The molecule has 2 aromatic carbocycles. The summed E-state index contributed by atoms with van der Waals surface area (Å²) in [4.78, 5) is 27.5. The summed E-state index contributed by atoms with van der Waals surface area (Å²) in [6, 6.07) is 8.35. The van der Waals surface area contributed by atoms with E-state index >= 15 is 0 Å². The van der Waals surface area contributed by atoms with Crippen LogP contribution in [0.5, 0.6) is 17.2 Å². The van der Waals surface area contributed by atoms with Gasteiger partial charge in [0.1, 0.15) is 23.0 Å². The first-order valence-electron chi connectivity index (χ1n) is 10.3. The van der Waals surface area contributed by atoms with Crippen molar-refractivity contribution in [3.05, 3.63) is 58.1 Å². The van der Waals surface area contributed by atoms with E-state index < -0.39 is 17.7 Å². The van der Waals surface area contributed by atoms with Gasteiger partial charge in [0.25, 0.3) is 11.7 Å². The van der Waals surface area contributed by atoms with Gasteiger partial charge in [-0.3, -0.25) is 9.59 Å². The van der Waals surface area contributed by atoms with Crippen LogP contribution in [-0.4, -0.2) is 47.6 Å². The summed E-state index contributed by atoms with van der Waals surface area (Å²) < 4.78 is 10.6. The van der Waals surface area contributed by atoms with Crippen molar-refractivity contribution in [1.82, 2.24) is 4.90 Å². The van der Waals surface area contributed by atoms with Gasteiger partial charge in [0, 0.05) is 12.6 Å². The van der Waals surface area contributed by atoms with Crippen molar-refractivity contribution in [2.75, 3.05) is 20.8 Å². The highest BCUT2D eigenvalue weighted by Crippen LogP contribution is 2.43. The van der Waals surface area contributed by atoms with Crippen LogP contribution in [0.1, 0.15) is 43.4 Å². The van der Waals surface area contributed by atoms with Crippen LogP contribution in [0.3, 0.4) is 0 Å². The van der Waals surface area contributed by atoms with Crippen LogP contribution in [0, 0.1) is 0 Å². The minimum Gasteiger partial charge on any atom is -0.508 e. The molecule has 0 aromatic heterocycles. The number of carbonyl (C=O) groups excluding carboxylic acids is 2. The number of Topliss-reactive ketones (excluding diaryl/α,β-unsaturated/α-hetero) is 1. The van der Waals surface area contributed by atoms with Crippen molar-refractivity contribution in [2.45, 2.75) is 32.2 Å². The Kier molecular flexibility index (Phi) is 7.30. The molecule has 7 nitrogen and oxygen atoms in total. The number of likely N-dealkylation sites (tertiary alicyclic amines) is 1. The van der Waals surface area contributed by atoms with Gasteiger partial charge in [-0.15, -0.1) is 0 Å². The van der Waals surface area contributed by atoms with Crippen LogP contribution < -0.4 is 9.47 Å². The summed E-state index contributed by atoms with van der Waals surface area (Å²) in [5.41, 5.74) is 0.712. The number of rotatable bonds is 8. The molecule has 32 heavy (non-hydrogen) atoms. The number of amides is 1. The molecule has 2 N–H and O–H groups in total. The third-order valence-corrected chi connectivity index (χ3v) is 5.78. The van der Waals surface area contributed by atoms with Gasteiger partial charge in [0.15, 0.2) is 0 Å². The van der Waals surface area contributed by atoms with Gasteiger partial charge in [0.05, 0.1) is 36.4 Å². The normalized spacial score (nSPS) is 17.6. The largest absolute Gasteiger partial charge is 0.508 e. The van der Waals surface area contributed by atoms with E-state index in [9.17, 15) is 19.8 Å². The summed E-state index contributed by atoms with van der Waals surface area (Å²) >= 11 is 6.25. The number of phenols is 1. The number of unbranched alkanes of at least 4 members (excludes halogenated alkanes) is 2. The Balaban J connectivity index is 2.20. The van der Waals surface area contributed by atoms with E-state index in [0.717, 1.165) is 19.3 Å². The lowest BCUT2D eigenvalue weighted by Gasteiger charge is -2.25. The highest BCUT2D eigenvalue weighted by Gasteiger charge is 2.46. The second-order valence-corrected chi connectivity index (χ2v) is 7.89. The summed E-state index contributed by atoms with van der Waals surface area (Å²) in [5.74, 6) is -1.22. The van der Waals surface area contributed by atoms with E-state index in [0.29, 0.717) is 17.9 Å². The van der Waals surface area contributed by atoms with Gasteiger partial charge in [-0.2, -0.15) is 0 Å². The lowest BCUT2D eigenvalue weighted by atomic mass is 9.94. The van der Waals surface area contributed by atoms with Gasteiger partial charge in [-0.1, -0.05) is 43.5 Å². The van der Waals surface area contributed by atoms with Gasteiger partial charge < -0.3 is 24.6 Å². The Labute approximate surface area is 191 Å². The molecule has 2 aromatic rings. The highest BCUT2D eigenvalue weighted by atomic mass is 35.5. The number of halogens is 1. The standard InChI is InChI=1S/C24H26ClNO6/c1-4-5-6-11-26-21(14-7-9-15(27)10-8-14)20(23(29)24(26)30)22(28)16-12-17(25)19(32-3)13-18(16)31-2/h7-10,12-13,21,27-28H,4-6,11H2,1-3H3/b22-20+. The Hall–Kier alpha value is -3.19. The molecule has 0 bridgehead atoms. The predicted molar refractivity (Wildman–Crippen MR) is 121 cm³/mol.